The lowest BCUT2D eigenvalue weighted by Gasteiger charge is -2.01. The minimum absolute atomic E-state index is 0.142. The number of H-pyrrole nitrogens is 1. The third-order valence-electron chi connectivity index (χ3n) is 4.49. The van der Waals surface area contributed by atoms with Crippen LogP contribution in [0.1, 0.15) is 38.3 Å². The van der Waals surface area contributed by atoms with Crippen LogP contribution in [0, 0.1) is 0 Å². The number of hydrogen-bond acceptors (Lipinski definition) is 2. The summed E-state index contributed by atoms with van der Waals surface area (Å²) in [5.41, 5.74) is 3.36. The molecular weight excluding hydrogens is 312 g/mol. The molecular formula is C21H25N2O2+. The summed E-state index contributed by atoms with van der Waals surface area (Å²) < 4.78 is 1.20. The molecule has 130 valence electrons. The molecule has 0 bridgehead atoms. The van der Waals surface area contributed by atoms with E-state index in [0.717, 1.165) is 36.2 Å². The summed E-state index contributed by atoms with van der Waals surface area (Å²) in [7, 11) is 0. The van der Waals surface area contributed by atoms with Gasteiger partial charge in [-0.15, -0.1) is 0 Å². The topological polar surface area (TPSA) is 60.1 Å². The van der Waals surface area contributed by atoms with E-state index in [0.29, 0.717) is 11.4 Å². The average Bonchev–Trinajstić information content (AvgIpc) is 2.96. The number of aromatic nitrogens is 2. The quantitative estimate of drug-likeness (QED) is 0.332. The van der Waals surface area contributed by atoms with Gasteiger partial charge in [0.05, 0.1) is 0 Å². The Hall–Kier alpha value is -2.75. The van der Waals surface area contributed by atoms with Crippen LogP contribution in [0.5, 0.6) is 5.75 Å². The number of nitrogens with one attached hydrogen (secondary N) is 1. The van der Waals surface area contributed by atoms with Crippen LogP contribution < -0.4 is 4.73 Å². The molecule has 3 N–H and O–H groups in total. The van der Waals surface area contributed by atoms with Crippen LogP contribution in [-0.4, -0.2) is 15.3 Å². The number of hydrogen-bond donors (Lipinski definition) is 3. The number of benzene rings is 2. The van der Waals surface area contributed by atoms with Crippen molar-refractivity contribution in [3.05, 3.63) is 60.3 Å². The Labute approximate surface area is 148 Å². The molecule has 3 rings (SSSR count). The molecule has 1 heterocycles. The Bertz CT molecular complexity index is 825. The van der Waals surface area contributed by atoms with Gasteiger partial charge in [0.15, 0.2) is 11.4 Å². The molecule has 25 heavy (non-hydrogen) atoms. The molecule has 2 aromatic carbocycles. The van der Waals surface area contributed by atoms with E-state index in [4.69, 9.17) is 0 Å². The number of para-hydroxylation sites is 1. The largest absolute Gasteiger partial charge is 0.507 e. The number of aromatic hydroxyl groups is 1. The van der Waals surface area contributed by atoms with Crippen LogP contribution in [0.25, 0.3) is 22.6 Å². The Morgan fingerprint density at radius 3 is 2.36 bits per heavy atom. The summed E-state index contributed by atoms with van der Waals surface area (Å²) in [6, 6.07) is 17.0. The van der Waals surface area contributed by atoms with E-state index in [-0.39, 0.29) is 5.75 Å². The first-order valence-corrected chi connectivity index (χ1v) is 8.92. The standard InChI is InChI=1S/C21H24N2O2/c1-2-3-4-8-14-18-20(16-11-6-5-7-12-16)22-21(23(18)25)17-13-9-10-15-19(17)24/h5-7,9-13,15,25H,2-4,8,14H2,1H3,(H,22,24)/p+1. The van der Waals surface area contributed by atoms with E-state index in [1.165, 1.54) is 17.6 Å². The molecule has 0 unspecified atom stereocenters. The number of imidazole rings is 1. The first-order valence-electron chi connectivity index (χ1n) is 8.92. The third-order valence-corrected chi connectivity index (χ3v) is 4.49. The van der Waals surface area contributed by atoms with Gasteiger partial charge in [0.25, 0.3) is 0 Å². The number of aromatic amines is 1. The minimum Gasteiger partial charge on any atom is -0.507 e. The SMILES string of the molecule is CCCCCCc1c(-c2ccccc2)[nH]c(-c2ccccc2O)[n+]1O. The lowest BCUT2D eigenvalue weighted by molar-refractivity contribution is -0.899. The van der Waals surface area contributed by atoms with E-state index in [9.17, 15) is 10.3 Å². The number of phenolic OH excluding ortho intramolecular Hbond substituents is 1. The van der Waals surface area contributed by atoms with Crippen LogP contribution in [0.2, 0.25) is 0 Å². The van der Waals surface area contributed by atoms with Crippen molar-refractivity contribution >= 4 is 0 Å². The number of unbranched alkanes of at least 4 members (excludes halogenated alkanes) is 3. The molecule has 0 saturated heterocycles. The van der Waals surface area contributed by atoms with Gasteiger partial charge in [-0.1, -0.05) is 68.7 Å². The second-order valence-electron chi connectivity index (χ2n) is 6.30. The van der Waals surface area contributed by atoms with Crippen LogP contribution in [-0.2, 0) is 6.42 Å². The summed E-state index contributed by atoms with van der Waals surface area (Å²) in [6.07, 6.45) is 5.32. The molecule has 0 amide bonds. The highest BCUT2D eigenvalue weighted by atomic mass is 16.5. The van der Waals surface area contributed by atoms with Crippen molar-refractivity contribution in [2.45, 2.75) is 39.0 Å². The maximum atomic E-state index is 10.8. The van der Waals surface area contributed by atoms with Gasteiger partial charge in [0.1, 0.15) is 11.3 Å². The molecule has 0 fully saturated rings. The zero-order valence-electron chi connectivity index (χ0n) is 14.6. The molecule has 0 saturated carbocycles. The van der Waals surface area contributed by atoms with Gasteiger partial charge >= 0.3 is 5.82 Å². The molecule has 4 nitrogen and oxygen atoms in total. The molecule has 0 aliphatic rings. The zero-order chi connectivity index (χ0) is 17.6. The highest BCUT2D eigenvalue weighted by Gasteiger charge is 2.28. The third kappa shape index (κ3) is 3.68. The molecule has 0 aliphatic carbocycles. The molecule has 4 heteroatoms. The molecule has 1 aromatic heterocycles. The molecule has 0 spiro atoms. The predicted molar refractivity (Wildman–Crippen MR) is 98.6 cm³/mol. The predicted octanol–water partition coefficient (Wildman–Crippen LogP) is 4.70. The van der Waals surface area contributed by atoms with Crippen molar-refractivity contribution in [2.75, 3.05) is 0 Å². The highest BCUT2D eigenvalue weighted by molar-refractivity contribution is 5.67. The van der Waals surface area contributed by atoms with Gasteiger partial charge in [0, 0.05) is 12.0 Å². The number of nitrogens with zero attached hydrogens (tertiary/aromatic N) is 1. The van der Waals surface area contributed by atoms with Gasteiger partial charge in [-0.3, -0.25) is 0 Å². The fourth-order valence-electron chi connectivity index (χ4n) is 3.13. The van der Waals surface area contributed by atoms with Gasteiger partial charge in [-0.05, 0) is 23.3 Å². The first kappa shape index (κ1) is 17.1. The summed E-state index contributed by atoms with van der Waals surface area (Å²) >= 11 is 0. The van der Waals surface area contributed by atoms with Crippen molar-refractivity contribution < 1.29 is 15.0 Å². The van der Waals surface area contributed by atoms with E-state index in [2.05, 4.69) is 11.9 Å². The maximum Gasteiger partial charge on any atom is 0.330 e. The summed E-state index contributed by atoms with van der Waals surface area (Å²) in [6.45, 7) is 2.19. The zero-order valence-corrected chi connectivity index (χ0v) is 14.6. The Morgan fingerprint density at radius 2 is 1.64 bits per heavy atom. The monoisotopic (exact) mass is 337 g/mol. The highest BCUT2D eigenvalue weighted by Crippen LogP contribution is 2.30. The maximum absolute atomic E-state index is 10.8. The van der Waals surface area contributed by atoms with E-state index in [1.807, 2.05) is 36.4 Å². The van der Waals surface area contributed by atoms with Crippen molar-refractivity contribution in [2.24, 2.45) is 0 Å². The van der Waals surface area contributed by atoms with E-state index < -0.39 is 0 Å². The average molecular weight is 337 g/mol. The Morgan fingerprint density at radius 1 is 0.920 bits per heavy atom. The van der Waals surface area contributed by atoms with Crippen LogP contribution >= 0.6 is 0 Å². The lowest BCUT2D eigenvalue weighted by atomic mass is 10.1. The van der Waals surface area contributed by atoms with Crippen molar-refractivity contribution in [3.8, 4) is 28.4 Å². The van der Waals surface area contributed by atoms with Crippen LogP contribution in [0.15, 0.2) is 54.6 Å². The molecule has 0 aliphatic heterocycles. The smallest absolute Gasteiger partial charge is 0.330 e. The van der Waals surface area contributed by atoms with Crippen LogP contribution in [0.3, 0.4) is 0 Å². The Kier molecular flexibility index (Phi) is 5.39. The van der Waals surface area contributed by atoms with E-state index in [1.54, 1.807) is 18.2 Å². The molecule has 0 radical (unpaired) electrons. The fraction of sp³-hybridized carbons (Fsp3) is 0.286. The van der Waals surface area contributed by atoms with Gasteiger partial charge in [-0.2, -0.15) is 0 Å². The summed E-state index contributed by atoms with van der Waals surface area (Å²) in [5, 5.41) is 20.9. The summed E-state index contributed by atoms with van der Waals surface area (Å²) in [4.78, 5) is 3.32. The molecule has 3 aromatic rings. The minimum atomic E-state index is 0.142. The normalized spacial score (nSPS) is 10.9. The fourth-order valence-corrected chi connectivity index (χ4v) is 3.13. The number of rotatable bonds is 7. The Balaban J connectivity index is 2.03. The van der Waals surface area contributed by atoms with Crippen molar-refractivity contribution in [1.82, 2.24) is 4.98 Å². The lowest BCUT2D eigenvalue weighted by Crippen LogP contribution is -2.35. The van der Waals surface area contributed by atoms with Gasteiger partial charge in [-0.25, -0.2) is 4.98 Å². The van der Waals surface area contributed by atoms with Gasteiger partial charge in [0.2, 0.25) is 0 Å². The summed E-state index contributed by atoms with van der Waals surface area (Å²) in [5.74, 6) is 0.645. The van der Waals surface area contributed by atoms with Crippen LogP contribution in [0.4, 0.5) is 0 Å². The van der Waals surface area contributed by atoms with Crippen molar-refractivity contribution in [3.63, 3.8) is 0 Å². The second kappa shape index (κ2) is 7.88. The van der Waals surface area contributed by atoms with E-state index >= 15 is 0 Å². The van der Waals surface area contributed by atoms with Gasteiger partial charge < -0.3 is 10.3 Å². The number of phenols is 1. The first-order chi connectivity index (χ1) is 12.2. The van der Waals surface area contributed by atoms with Crippen molar-refractivity contribution in [1.29, 1.82) is 0 Å². The molecule has 0 atom stereocenters. The second-order valence-corrected chi connectivity index (χ2v) is 6.30.